The van der Waals surface area contributed by atoms with Crippen molar-refractivity contribution < 1.29 is 9.84 Å². The molecule has 1 heterocycles. The minimum absolute atomic E-state index is 0.312. The summed E-state index contributed by atoms with van der Waals surface area (Å²) in [5.41, 5.74) is 4.53. The van der Waals surface area contributed by atoms with Gasteiger partial charge >= 0.3 is 0 Å². The van der Waals surface area contributed by atoms with Crippen LogP contribution in [0.25, 0.3) is 0 Å². The van der Waals surface area contributed by atoms with Crippen molar-refractivity contribution in [3.05, 3.63) is 0 Å². The number of ether oxygens (including phenoxy) is 1. The Labute approximate surface area is 48.4 Å². The zero-order valence-corrected chi connectivity index (χ0v) is 4.76. The Balaban J connectivity index is 2.40. The summed E-state index contributed by atoms with van der Waals surface area (Å²) in [6, 6.07) is 0. The number of hydrogen-bond acceptors (Lipinski definition) is 3. The molecule has 0 aromatic carbocycles. The van der Waals surface area contributed by atoms with Crippen LogP contribution in [0.15, 0.2) is 0 Å². The lowest BCUT2D eigenvalue weighted by Crippen LogP contribution is -2.37. The second kappa shape index (κ2) is 2.01. The molecule has 1 aliphatic heterocycles. The van der Waals surface area contributed by atoms with E-state index < -0.39 is 5.60 Å². The molecular weight excluding hydrogens is 106 g/mol. The summed E-state index contributed by atoms with van der Waals surface area (Å²) in [5, 5.41) is 9.25. The monoisotopic (exact) mass is 117 g/mol. The summed E-state index contributed by atoms with van der Waals surface area (Å²) in [6.07, 6.45) is 0.684. The fraction of sp³-hybridized carbons (Fsp3) is 1.00. The molecule has 0 spiro atoms. The smallest absolute Gasteiger partial charge is 0.102 e. The molecule has 1 rings (SSSR count). The van der Waals surface area contributed by atoms with Gasteiger partial charge in [-0.3, -0.25) is 0 Å². The average molecular weight is 117 g/mol. The van der Waals surface area contributed by atoms with Crippen molar-refractivity contribution in [1.82, 2.24) is 0 Å². The third kappa shape index (κ3) is 0.992. The lowest BCUT2D eigenvalue weighted by molar-refractivity contribution is 0.0345. The maximum Gasteiger partial charge on any atom is 0.102 e. The van der Waals surface area contributed by atoms with Crippen LogP contribution in [0.5, 0.6) is 0 Å². The van der Waals surface area contributed by atoms with Gasteiger partial charge in [-0.2, -0.15) is 0 Å². The molecule has 1 unspecified atom stereocenters. The topological polar surface area (TPSA) is 55.5 Å². The Morgan fingerprint density at radius 2 is 2.50 bits per heavy atom. The second-order valence-electron chi connectivity index (χ2n) is 2.23. The molecular formula is C5H11NO2. The van der Waals surface area contributed by atoms with E-state index in [0.29, 0.717) is 26.2 Å². The van der Waals surface area contributed by atoms with Gasteiger partial charge in [-0.25, -0.2) is 0 Å². The zero-order valence-electron chi connectivity index (χ0n) is 4.76. The number of hydrogen-bond donors (Lipinski definition) is 2. The molecule has 1 atom stereocenters. The molecule has 3 heteroatoms. The van der Waals surface area contributed by atoms with Gasteiger partial charge in [-0.05, 0) is 0 Å². The minimum Gasteiger partial charge on any atom is -0.386 e. The van der Waals surface area contributed by atoms with Crippen molar-refractivity contribution in [3.8, 4) is 0 Å². The van der Waals surface area contributed by atoms with Gasteiger partial charge in [0.25, 0.3) is 0 Å². The molecule has 0 amide bonds. The van der Waals surface area contributed by atoms with Gasteiger partial charge in [-0.15, -0.1) is 0 Å². The molecule has 1 fully saturated rings. The summed E-state index contributed by atoms with van der Waals surface area (Å²) in [5.74, 6) is 0. The molecule has 0 radical (unpaired) electrons. The van der Waals surface area contributed by atoms with Crippen LogP contribution in [-0.2, 0) is 4.74 Å². The van der Waals surface area contributed by atoms with Gasteiger partial charge in [-0.1, -0.05) is 0 Å². The van der Waals surface area contributed by atoms with E-state index >= 15 is 0 Å². The first-order chi connectivity index (χ1) is 3.77. The molecule has 0 bridgehead atoms. The van der Waals surface area contributed by atoms with Gasteiger partial charge in [0.1, 0.15) is 5.60 Å². The van der Waals surface area contributed by atoms with Gasteiger partial charge in [0, 0.05) is 19.6 Å². The van der Waals surface area contributed by atoms with Gasteiger partial charge in [0.2, 0.25) is 0 Å². The quantitative estimate of drug-likeness (QED) is 0.468. The van der Waals surface area contributed by atoms with Crippen LogP contribution in [0, 0.1) is 0 Å². The first kappa shape index (κ1) is 6.01. The third-order valence-electron chi connectivity index (χ3n) is 1.46. The van der Waals surface area contributed by atoms with E-state index in [1.807, 2.05) is 0 Å². The van der Waals surface area contributed by atoms with Crippen molar-refractivity contribution in [2.24, 2.45) is 5.73 Å². The summed E-state index contributed by atoms with van der Waals surface area (Å²) in [6.45, 7) is 1.37. The van der Waals surface area contributed by atoms with E-state index in [1.165, 1.54) is 0 Å². The molecule has 3 N–H and O–H groups in total. The summed E-state index contributed by atoms with van der Waals surface area (Å²) < 4.78 is 4.92. The molecule has 48 valence electrons. The van der Waals surface area contributed by atoms with E-state index in [1.54, 1.807) is 0 Å². The zero-order chi connectivity index (χ0) is 6.04. The SMILES string of the molecule is NCC1(O)CCOC1. The van der Waals surface area contributed by atoms with Crippen LogP contribution >= 0.6 is 0 Å². The molecule has 8 heavy (non-hydrogen) atoms. The summed E-state index contributed by atoms with van der Waals surface area (Å²) in [7, 11) is 0. The van der Waals surface area contributed by atoms with Crippen LogP contribution in [0.3, 0.4) is 0 Å². The van der Waals surface area contributed by atoms with Gasteiger partial charge in [0.15, 0.2) is 0 Å². The van der Waals surface area contributed by atoms with E-state index in [2.05, 4.69) is 0 Å². The Morgan fingerprint density at radius 1 is 1.75 bits per heavy atom. The second-order valence-corrected chi connectivity index (χ2v) is 2.23. The molecule has 0 saturated carbocycles. The van der Waals surface area contributed by atoms with Crippen LogP contribution in [0.1, 0.15) is 6.42 Å². The summed E-state index contributed by atoms with van der Waals surface area (Å²) in [4.78, 5) is 0. The van der Waals surface area contributed by atoms with Gasteiger partial charge in [0.05, 0.1) is 6.61 Å². The number of nitrogens with two attached hydrogens (primary N) is 1. The van der Waals surface area contributed by atoms with E-state index in [-0.39, 0.29) is 0 Å². The highest BCUT2D eigenvalue weighted by atomic mass is 16.5. The third-order valence-corrected chi connectivity index (χ3v) is 1.46. The molecule has 1 aliphatic rings. The van der Waals surface area contributed by atoms with Crippen molar-refractivity contribution in [2.45, 2.75) is 12.0 Å². The lowest BCUT2D eigenvalue weighted by atomic mass is 10.1. The highest BCUT2D eigenvalue weighted by Crippen LogP contribution is 2.15. The fourth-order valence-electron chi connectivity index (χ4n) is 0.757. The van der Waals surface area contributed by atoms with Gasteiger partial charge < -0.3 is 15.6 Å². The predicted octanol–water partition coefficient (Wildman–Crippen LogP) is -0.904. The fourth-order valence-corrected chi connectivity index (χ4v) is 0.757. The van der Waals surface area contributed by atoms with Crippen molar-refractivity contribution >= 4 is 0 Å². The van der Waals surface area contributed by atoms with Crippen molar-refractivity contribution in [2.75, 3.05) is 19.8 Å². The van der Waals surface area contributed by atoms with E-state index in [9.17, 15) is 5.11 Å². The lowest BCUT2D eigenvalue weighted by Gasteiger charge is -2.15. The number of aliphatic hydroxyl groups is 1. The Bertz CT molecular complexity index is 78.5. The number of rotatable bonds is 1. The highest BCUT2D eigenvalue weighted by molar-refractivity contribution is 4.82. The molecule has 1 saturated heterocycles. The van der Waals surface area contributed by atoms with Crippen molar-refractivity contribution in [3.63, 3.8) is 0 Å². The van der Waals surface area contributed by atoms with Crippen LogP contribution in [-0.4, -0.2) is 30.5 Å². The molecule has 0 aromatic rings. The Kier molecular flexibility index (Phi) is 1.51. The van der Waals surface area contributed by atoms with Crippen LogP contribution in [0.2, 0.25) is 0 Å². The predicted molar refractivity (Wildman–Crippen MR) is 29.4 cm³/mol. The molecule has 0 aliphatic carbocycles. The highest BCUT2D eigenvalue weighted by Gasteiger charge is 2.29. The van der Waals surface area contributed by atoms with E-state index in [0.717, 1.165) is 0 Å². The molecule has 0 aromatic heterocycles. The normalized spacial score (nSPS) is 38.2. The first-order valence-corrected chi connectivity index (χ1v) is 2.77. The average Bonchev–Trinajstić information content (AvgIpc) is 2.17. The first-order valence-electron chi connectivity index (χ1n) is 2.77. The maximum atomic E-state index is 9.25. The Hall–Kier alpha value is -0.120. The standard InChI is InChI=1S/C5H11NO2/c6-3-5(7)1-2-8-4-5/h7H,1-4,6H2. The summed E-state index contributed by atoms with van der Waals surface area (Å²) >= 11 is 0. The van der Waals surface area contributed by atoms with Crippen LogP contribution in [0.4, 0.5) is 0 Å². The largest absolute Gasteiger partial charge is 0.386 e. The minimum atomic E-state index is -0.708. The maximum absolute atomic E-state index is 9.25. The Morgan fingerprint density at radius 3 is 2.75 bits per heavy atom. The molecule has 3 nitrogen and oxygen atoms in total. The van der Waals surface area contributed by atoms with Crippen LogP contribution < -0.4 is 5.73 Å². The van der Waals surface area contributed by atoms with Crippen molar-refractivity contribution in [1.29, 1.82) is 0 Å². The van der Waals surface area contributed by atoms with E-state index in [4.69, 9.17) is 10.5 Å².